The number of nitrogens with zero attached hydrogens (tertiary/aromatic N) is 3. The van der Waals surface area contributed by atoms with Crippen molar-refractivity contribution in [2.75, 3.05) is 6.54 Å². The molecular weight excluding hydrogens is 334 g/mol. The van der Waals surface area contributed by atoms with Gasteiger partial charge in [0, 0.05) is 29.2 Å². The highest BCUT2D eigenvalue weighted by molar-refractivity contribution is 9.10. The van der Waals surface area contributed by atoms with Crippen LogP contribution in [-0.2, 0) is 17.7 Å². The van der Waals surface area contributed by atoms with Crippen LogP contribution in [0.2, 0.25) is 0 Å². The van der Waals surface area contributed by atoms with Crippen molar-refractivity contribution in [1.82, 2.24) is 14.5 Å². The van der Waals surface area contributed by atoms with Gasteiger partial charge in [-0.3, -0.25) is 0 Å². The summed E-state index contributed by atoms with van der Waals surface area (Å²) in [5, 5.41) is 4.58. The van der Waals surface area contributed by atoms with Crippen LogP contribution in [-0.4, -0.2) is 32.8 Å². The van der Waals surface area contributed by atoms with Crippen molar-refractivity contribution in [2.45, 2.75) is 39.3 Å². The van der Waals surface area contributed by atoms with Crippen LogP contribution in [0.3, 0.4) is 0 Å². The number of fused-ring (bicyclic) bond motifs is 3. The van der Waals surface area contributed by atoms with E-state index in [-0.39, 0.29) is 6.09 Å². The monoisotopic (exact) mass is 351 g/mol. The lowest BCUT2D eigenvalue weighted by molar-refractivity contribution is 0.0224. The van der Waals surface area contributed by atoms with Crippen LogP contribution in [0.4, 0.5) is 4.79 Å². The molecule has 0 saturated heterocycles. The Hall–Kier alpha value is -1.56. The van der Waals surface area contributed by atoms with E-state index in [9.17, 15) is 4.79 Å². The fourth-order valence-corrected chi connectivity index (χ4v) is 2.82. The highest BCUT2D eigenvalue weighted by Crippen LogP contribution is 2.26. The zero-order valence-corrected chi connectivity index (χ0v) is 14.0. The Morgan fingerprint density at radius 3 is 2.90 bits per heavy atom. The molecule has 3 heterocycles. The normalized spacial score (nSPS) is 15.1. The molecule has 0 fully saturated rings. The van der Waals surface area contributed by atoms with E-state index in [4.69, 9.17) is 4.74 Å². The molecule has 0 radical (unpaired) electrons. The molecule has 0 spiro atoms. The molecule has 0 bridgehead atoms. The van der Waals surface area contributed by atoms with Gasteiger partial charge in [0.1, 0.15) is 5.60 Å². The first kappa shape index (κ1) is 14.4. The third kappa shape index (κ3) is 2.90. The standard InChI is InChI=1S/C15H18BrN3O2/c1-15(2,3)21-14(20)18-6-5-12-11(9-18)13-8-10(16)4-7-19(13)17-12/h4,7-8H,5-6,9H2,1-3H3. The highest BCUT2D eigenvalue weighted by atomic mass is 79.9. The molecule has 112 valence electrons. The van der Waals surface area contributed by atoms with Crippen molar-refractivity contribution in [2.24, 2.45) is 0 Å². The predicted octanol–water partition coefficient (Wildman–Crippen LogP) is 3.39. The second kappa shape index (κ2) is 5.02. The molecule has 6 heteroatoms. The number of aromatic nitrogens is 2. The number of rotatable bonds is 0. The van der Waals surface area contributed by atoms with Crippen LogP contribution in [0.15, 0.2) is 22.8 Å². The summed E-state index contributed by atoms with van der Waals surface area (Å²) in [6, 6.07) is 3.99. The number of carbonyl (C=O) groups is 1. The van der Waals surface area contributed by atoms with Crippen LogP contribution in [0.1, 0.15) is 32.0 Å². The average molecular weight is 352 g/mol. The Balaban J connectivity index is 1.89. The largest absolute Gasteiger partial charge is 0.444 e. The fraction of sp³-hybridized carbons (Fsp3) is 0.467. The first-order valence-electron chi connectivity index (χ1n) is 6.97. The van der Waals surface area contributed by atoms with Crippen molar-refractivity contribution >= 4 is 27.5 Å². The Morgan fingerprint density at radius 2 is 2.19 bits per heavy atom. The summed E-state index contributed by atoms with van der Waals surface area (Å²) in [5.41, 5.74) is 2.73. The van der Waals surface area contributed by atoms with E-state index in [0.717, 1.165) is 27.7 Å². The van der Waals surface area contributed by atoms with Crippen LogP contribution in [0.25, 0.3) is 5.52 Å². The van der Waals surface area contributed by atoms with Gasteiger partial charge in [0.25, 0.3) is 0 Å². The lowest BCUT2D eigenvalue weighted by Gasteiger charge is -2.29. The zero-order chi connectivity index (χ0) is 15.2. The number of halogens is 1. The van der Waals surface area contributed by atoms with Crippen molar-refractivity contribution in [3.8, 4) is 0 Å². The second-order valence-electron chi connectivity index (χ2n) is 6.25. The molecule has 5 nitrogen and oxygen atoms in total. The molecule has 0 aromatic carbocycles. The number of pyridine rings is 1. The van der Waals surface area contributed by atoms with Gasteiger partial charge in [0.2, 0.25) is 0 Å². The highest BCUT2D eigenvalue weighted by Gasteiger charge is 2.28. The number of hydrogen-bond acceptors (Lipinski definition) is 3. The predicted molar refractivity (Wildman–Crippen MR) is 83.2 cm³/mol. The molecule has 0 atom stereocenters. The second-order valence-corrected chi connectivity index (χ2v) is 7.17. The maximum Gasteiger partial charge on any atom is 0.410 e. The van der Waals surface area contributed by atoms with Gasteiger partial charge in [-0.2, -0.15) is 5.10 Å². The summed E-state index contributed by atoms with van der Waals surface area (Å²) in [5.74, 6) is 0. The van der Waals surface area contributed by atoms with Crippen molar-refractivity contribution in [3.63, 3.8) is 0 Å². The van der Waals surface area contributed by atoms with E-state index >= 15 is 0 Å². The van der Waals surface area contributed by atoms with Crippen LogP contribution >= 0.6 is 15.9 Å². The number of hydrogen-bond donors (Lipinski definition) is 0. The molecule has 2 aromatic rings. The molecule has 0 unspecified atom stereocenters. The molecule has 0 N–H and O–H groups in total. The summed E-state index contributed by atoms with van der Waals surface area (Å²) in [4.78, 5) is 14.0. The topological polar surface area (TPSA) is 46.8 Å². The lowest BCUT2D eigenvalue weighted by atomic mass is 10.1. The first-order chi connectivity index (χ1) is 9.83. The van der Waals surface area contributed by atoms with Gasteiger partial charge in [-0.15, -0.1) is 0 Å². The lowest BCUT2D eigenvalue weighted by Crippen LogP contribution is -2.39. The molecular formula is C15H18BrN3O2. The summed E-state index contributed by atoms with van der Waals surface area (Å²) in [6.45, 7) is 6.84. The molecule has 1 aliphatic rings. The average Bonchev–Trinajstić information content (AvgIpc) is 2.74. The molecule has 3 rings (SSSR count). The molecule has 21 heavy (non-hydrogen) atoms. The van der Waals surface area contributed by atoms with E-state index < -0.39 is 5.60 Å². The van der Waals surface area contributed by atoms with Gasteiger partial charge in [0.15, 0.2) is 0 Å². The van der Waals surface area contributed by atoms with Crippen LogP contribution in [0.5, 0.6) is 0 Å². The van der Waals surface area contributed by atoms with E-state index in [1.165, 1.54) is 0 Å². The van der Waals surface area contributed by atoms with E-state index in [1.54, 1.807) is 4.90 Å². The van der Waals surface area contributed by atoms with Crippen LogP contribution in [0, 0.1) is 0 Å². The van der Waals surface area contributed by atoms with E-state index in [1.807, 2.05) is 43.6 Å². The number of carbonyl (C=O) groups excluding carboxylic acids is 1. The van der Waals surface area contributed by atoms with Gasteiger partial charge in [-0.1, -0.05) is 15.9 Å². The van der Waals surface area contributed by atoms with Crippen molar-refractivity contribution < 1.29 is 9.53 Å². The minimum absolute atomic E-state index is 0.262. The summed E-state index contributed by atoms with van der Waals surface area (Å²) in [7, 11) is 0. The van der Waals surface area contributed by atoms with Gasteiger partial charge in [-0.05, 0) is 32.9 Å². The minimum atomic E-state index is -0.471. The third-order valence-corrected chi connectivity index (χ3v) is 3.89. The maximum atomic E-state index is 12.2. The van der Waals surface area contributed by atoms with Crippen LogP contribution < -0.4 is 0 Å². The molecule has 1 aliphatic heterocycles. The van der Waals surface area contributed by atoms with E-state index in [2.05, 4.69) is 21.0 Å². The molecule has 0 saturated carbocycles. The quantitative estimate of drug-likeness (QED) is 0.730. The van der Waals surface area contributed by atoms with Gasteiger partial charge >= 0.3 is 6.09 Å². The zero-order valence-electron chi connectivity index (χ0n) is 12.4. The Labute approximate surface area is 132 Å². The summed E-state index contributed by atoms with van der Waals surface area (Å²) >= 11 is 3.48. The maximum absolute atomic E-state index is 12.2. The molecule has 0 aliphatic carbocycles. The van der Waals surface area contributed by atoms with Crippen molar-refractivity contribution in [1.29, 1.82) is 0 Å². The first-order valence-corrected chi connectivity index (χ1v) is 7.76. The minimum Gasteiger partial charge on any atom is -0.444 e. The fourth-order valence-electron chi connectivity index (χ4n) is 2.48. The van der Waals surface area contributed by atoms with Crippen molar-refractivity contribution in [3.05, 3.63) is 34.1 Å². The van der Waals surface area contributed by atoms with Gasteiger partial charge in [0.05, 0.1) is 17.8 Å². The summed E-state index contributed by atoms with van der Waals surface area (Å²) < 4.78 is 8.33. The van der Waals surface area contributed by atoms with E-state index in [0.29, 0.717) is 13.1 Å². The summed E-state index contributed by atoms with van der Waals surface area (Å²) in [6.07, 6.45) is 2.42. The Bertz CT molecular complexity index is 703. The Morgan fingerprint density at radius 1 is 1.43 bits per heavy atom. The molecule has 2 aromatic heterocycles. The third-order valence-electron chi connectivity index (χ3n) is 3.40. The number of amides is 1. The Kier molecular flexibility index (Phi) is 3.43. The van der Waals surface area contributed by atoms with Gasteiger partial charge < -0.3 is 9.64 Å². The SMILES string of the molecule is CC(C)(C)OC(=O)N1CCc2nn3ccc(Br)cc3c2C1. The van der Waals surface area contributed by atoms with Gasteiger partial charge in [-0.25, -0.2) is 9.31 Å². The smallest absolute Gasteiger partial charge is 0.410 e. The molecule has 1 amide bonds. The number of ether oxygens (including phenoxy) is 1.